The Kier molecular flexibility index (Phi) is 9.33. The predicted molar refractivity (Wildman–Crippen MR) is 143 cm³/mol. The normalized spacial score (nSPS) is 23.5. The minimum absolute atomic E-state index is 0.0308. The van der Waals surface area contributed by atoms with Gasteiger partial charge in [-0.2, -0.15) is 4.39 Å². The number of carbonyl (C=O) groups excluding carboxylic acids is 1. The Labute approximate surface area is 218 Å². The smallest absolute Gasteiger partial charge is 0.370 e. The molecule has 9 heteroatoms. The van der Waals surface area contributed by atoms with Crippen LogP contribution in [-0.4, -0.2) is 40.1 Å². The third kappa shape index (κ3) is 6.17. The summed E-state index contributed by atoms with van der Waals surface area (Å²) in [4.78, 5) is 14.4. The van der Waals surface area contributed by atoms with Crippen LogP contribution in [0.3, 0.4) is 0 Å². The summed E-state index contributed by atoms with van der Waals surface area (Å²) in [5.74, 6) is -1.82. The van der Waals surface area contributed by atoms with Gasteiger partial charge in [0.2, 0.25) is 5.83 Å². The molecule has 198 valence electrons. The zero-order valence-corrected chi connectivity index (χ0v) is 23.3. The third-order valence-electron chi connectivity index (χ3n) is 6.95. The molecule has 2 atom stereocenters. The van der Waals surface area contributed by atoms with Gasteiger partial charge in [-0.1, -0.05) is 45.8 Å². The van der Waals surface area contributed by atoms with Crippen molar-refractivity contribution in [2.24, 2.45) is 11.3 Å². The van der Waals surface area contributed by atoms with Gasteiger partial charge in [-0.25, -0.2) is 13.2 Å². The molecule has 0 fully saturated rings. The monoisotopic (exact) mass is 537 g/mol. The van der Waals surface area contributed by atoms with Crippen LogP contribution in [0.25, 0.3) is 0 Å². The van der Waals surface area contributed by atoms with E-state index in [1.54, 1.807) is 0 Å². The highest BCUT2D eigenvalue weighted by atomic mass is 32.2. The van der Waals surface area contributed by atoms with Gasteiger partial charge in [0.05, 0.1) is 28.3 Å². The lowest BCUT2D eigenvalue weighted by Crippen LogP contribution is -2.39. The lowest BCUT2D eigenvalue weighted by molar-refractivity contribution is -0.137. The average Bonchev–Trinajstić information content (AvgIpc) is 2.96. The number of fused-ring (bicyclic) bond motifs is 1. The Bertz CT molecular complexity index is 1170. The second-order valence-electron chi connectivity index (χ2n) is 9.57. The van der Waals surface area contributed by atoms with E-state index in [-0.39, 0.29) is 16.4 Å². The van der Waals surface area contributed by atoms with E-state index in [1.165, 1.54) is 17.8 Å². The van der Waals surface area contributed by atoms with Crippen LogP contribution in [0.5, 0.6) is 5.75 Å². The summed E-state index contributed by atoms with van der Waals surface area (Å²) in [6.45, 7) is 6.94. The number of thioether (sulfide) groups is 1. The minimum Gasteiger partial charge on any atom is -0.464 e. The molecule has 0 bridgehead atoms. The van der Waals surface area contributed by atoms with Crippen molar-refractivity contribution in [3.05, 3.63) is 48.1 Å². The Hall–Kier alpha value is -2.26. The number of esters is 1. The number of allylic oxidation sites excluding steroid dienone is 4. The fourth-order valence-corrected chi connectivity index (χ4v) is 7.54. The Morgan fingerprint density at radius 3 is 2.69 bits per heavy atom. The van der Waals surface area contributed by atoms with E-state index in [4.69, 9.17) is 4.74 Å². The molecule has 0 radical (unpaired) electrons. The maximum absolute atomic E-state index is 14.0. The van der Waals surface area contributed by atoms with E-state index in [0.717, 1.165) is 44.9 Å². The highest BCUT2D eigenvalue weighted by Crippen LogP contribution is 2.47. The van der Waals surface area contributed by atoms with Crippen LogP contribution in [0.4, 0.5) is 10.1 Å². The standard InChI is InChI=1S/C27H36FNO5S2/c1-6-8-12-27(7-2)17-29(20-11-9-10-19(3)13-20)22-14-24(35-5)23(15-25(22)36(31,32)18-27)34-16-21(28)26(30)33-4/h9-11,14-16,19H,6-8,12-13,17-18H2,1-5H3/b21-16-. The number of rotatable bonds is 9. The summed E-state index contributed by atoms with van der Waals surface area (Å²) in [7, 11) is -2.63. The number of sulfone groups is 1. The number of anilines is 1. The van der Waals surface area contributed by atoms with Crippen molar-refractivity contribution in [2.75, 3.05) is 30.6 Å². The zero-order chi connectivity index (χ0) is 26.5. The van der Waals surface area contributed by atoms with Crippen LogP contribution in [0, 0.1) is 11.3 Å². The van der Waals surface area contributed by atoms with Gasteiger partial charge < -0.3 is 14.4 Å². The van der Waals surface area contributed by atoms with Crippen molar-refractivity contribution < 1.29 is 27.1 Å². The van der Waals surface area contributed by atoms with Gasteiger partial charge in [0.25, 0.3) is 0 Å². The fraction of sp³-hybridized carbons (Fsp3) is 0.519. The van der Waals surface area contributed by atoms with Crippen molar-refractivity contribution in [3.63, 3.8) is 0 Å². The second kappa shape index (κ2) is 11.9. The zero-order valence-electron chi connectivity index (χ0n) is 21.7. The van der Waals surface area contributed by atoms with Crippen LogP contribution >= 0.6 is 11.8 Å². The number of hydrogen-bond acceptors (Lipinski definition) is 7. The Balaban J connectivity index is 2.20. The fourth-order valence-electron chi connectivity index (χ4n) is 4.82. The maximum Gasteiger partial charge on any atom is 0.370 e. The molecule has 0 N–H and O–H groups in total. The first kappa shape index (κ1) is 28.3. The predicted octanol–water partition coefficient (Wildman–Crippen LogP) is 6.43. The molecule has 1 aromatic rings. The van der Waals surface area contributed by atoms with Crippen molar-refractivity contribution in [1.29, 1.82) is 0 Å². The van der Waals surface area contributed by atoms with Crippen molar-refractivity contribution in [3.8, 4) is 5.75 Å². The number of unbranched alkanes of at least 4 members (excludes halogenated alkanes) is 1. The van der Waals surface area contributed by atoms with Crippen LogP contribution < -0.4 is 9.64 Å². The largest absolute Gasteiger partial charge is 0.464 e. The molecule has 0 amide bonds. The maximum atomic E-state index is 14.0. The third-order valence-corrected chi connectivity index (χ3v) is 9.70. The first-order chi connectivity index (χ1) is 17.1. The van der Waals surface area contributed by atoms with E-state index in [2.05, 4.69) is 42.6 Å². The molecule has 2 unspecified atom stereocenters. The van der Waals surface area contributed by atoms with Crippen LogP contribution in [0.15, 0.2) is 57.9 Å². The minimum atomic E-state index is -3.70. The molecule has 0 aromatic heterocycles. The molecule has 0 saturated carbocycles. The van der Waals surface area contributed by atoms with Crippen LogP contribution in [0.2, 0.25) is 0 Å². The SMILES string of the molecule is CCCCC1(CC)CN(C2=CC=CC(C)C2)c2cc(SC)c(O/C=C(\F)C(=O)OC)cc2S(=O)(=O)C1. The molecule has 0 spiro atoms. The van der Waals surface area contributed by atoms with E-state index < -0.39 is 27.0 Å². The summed E-state index contributed by atoms with van der Waals surface area (Å²) in [5.41, 5.74) is 1.29. The van der Waals surface area contributed by atoms with E-state index in [1.807, 2.05) is 18.4 Å². The molecular weight excluding hydrogens is 501 g/mol. The van der Waals surface area contributed by atoms with E-state index in [9.17, 15) is 17.6 Å². The average molecular weight is 538 g/mol. The molecule has 2 aliphatic rings. The summed E-state index contributed by atoms with van der Waals surface area (Å²) >= 11 is 1.36. The van der Waals surface area contributed by atoms with Crippen LogP contribution in [-0.2, 0) is 19.4 Å². The molecule has 1 aliphatic carbocycles. The van der Waals surface area contributed by atoms with Gasteiger partial charge in [-0.15, -0.1) is 11.8 Å². The topological polar surface area (TPSA) is 72.9 Å². The van der Waals surface area contributed by atoms with Gasteiger partial charge in [-0.3, -0.25) is 0 Å². The lowest BCUT2D eigenvalue weighted by Gasteiger charge is -2.38. The molecule has 1 aromatic carbocycles. The highest BCUT2D eigenvalue weighted by molar-refractivity contribution is 7.98. The number of methoxy groups -OCH3 is 1. The highest BCUT2D eigenvalue weighted by Gasteiger charge is 2.42. The number of carbonyl (C=O) groups is 1. The molecular formula is C27H36FNO5S2. The number of benzene rings is 1. The number of ether oxygens (including phenoxy) is 2. The van der Waals surface area contributed by atoms with Crippen molar-refractivity contribution >= 4 is 33.3 Å². The van der Waals surface area contributed by atoms with E-state index >= 15 is 0 Å². The van der Waals surface area contributed by atoms with E-state index in [0.29, 0.717) is 29.3 Å². The molecule has 36 heavy (non-hydrogen) atoms. The summed E-state index contributed by atoms with van der Waals surface area (Å²) in [6, 6.07) is 3.28. The number of halogens is 1. The first-order valence-corrected chi connectivity index (χ1v) is 15.2. The Morgan fingerprint density at radius 2 is 2.08 bits per heavy atom. The molecule has 0 saturated heterocycles. The Morgan fingerprint density at radius 1 is 1.33 bits per heavy atom. The van der Waals surface area contributed by atoms with Gasteiger partial charge >= 0.3 is 5.97 Å². The molecule has 6 nitrogen and oxygen atoms in total. The molecule has 1 aliphatic heterocycles. The van der Waals surface area contributed by atoms with Crippen molar-refractivity contribution in [1.82, 2.24) is 0 Å². The first-order valence-electron chi connectivity index (χ1n) is 12.3. The molecule has 3 rings (SSSR count). The van der Waals surface area contributed by atoms with Crippen LogP contribution in [0.1, 0.15) is 52.9 Å². The second-order valence-corrected chi connectivity index (χ2v) is 12.4. The van der Waals surface area contributed by atoms with Crippen molar-refractivity contribution in [2.45, 2.75) is 62.7 Å². The quantitative estimate of drug-likeness (QED) is 0.155. The summed E-state index contributed by atoms with van der Waals surface area (Å²) in [6.07, 6.45) is 13.0. The molecule has 1 heterocycles. The van der Waals surface area contributed by atoms with Gasteiger partial charge in [-0.05, 0) is 43.6 Å². The number of hydrogen-bond donors (Lipinski definition) is 0. The summed E-state index contributed by atoms with van der Waals surface area (Å²) in [5, 5.41) is 0. The lowest BCUT2D eigenvalue weighted by atomic mass is 9.81. The summed E-state index contributed by atoms with van der Waals surface area (Å²) < 4.78 is 51.6. The number of nitrogens with zero attached hydrogens (tertiary/aromatic N) is 1. The van der Waals surface area contributed by atoms with Gasteiger partial charge in [0.1, 0.15) is 12.0 Å². The van der Waals surface area contributed by atoms with Gasteiger partial charge in [0.15, 0.2) is 9.84 Å². The van der Waals surface area contributed by atoms with Gasteiger partial charge in [0, 0.05) is 23.7 Å².